The molecule has 3 N–H and O–H groups in total. The van der Waals surface area contributed by atoms with Crippen LogP contribution in [0.15, 0.2) is 30.3 Å². The standard InChI is InChI=1S/C25H36INO4/c1-16-10-11-19(24(3,4)18-8-6-5-7-9-18)21(14-16)31-23(29)25(27)13-12-20(26)22(15-25)30-17(2)28/h5-9,16,19-22H,10-15,27H2,1-4H3/p+1/t16-,19-,20+,21-,22+,25+/m1/s1. The second-order valence-electron chi connectivity index (χ2n) is 10.2. The van der Waals surface area contributed by atoms with Gasteiger partial charge in [0.2, 0.25) is 0 Å². The minimum Gasteiger partial charge on any atom is -0.461 e. The molecule has 3 rings (SSSR count). The highest BCUT2D eigenvalue weighted by Crippen LogP contribution is 2.44. The van der Waals surface area contributed by atoms with Gasteiger partial charge in [0.15, 0.2) is 5.54 Å². The van der Waals surface area contributed by atoms with E-state index in [1.54, 1.807) is 0 Å². The average Bonchev–Trinajstić information content (AvgIpc) is 2.71. The van der Waals surface area contributed by atoms with E-state index < -0.39 is 5.54 Å². The first-order valence-corrected chi connectivity index (χ1v) is 12.7. The third-order valence-electron chi connectivity index (χ3n) is 7.40. The van der Waals surface area contributed by atoms with E-state index in [-0.39, 0.29) is 39.4 Å². The van der Waals surface area contributed by atoms with Crippen molar-refractivity contribution in [2.75, 3.05) is 0 Å². The fraction of sp³-hybridized carbons (Fsp3) is 0.680. The summed E-state index contributed by atoms with van der Waals surface area (Å²) < 4.78 is 12.0. The topological polar surface area (TPSA) is 80.2 Å². The van der Waals surface area contributed by atoms with Crippen LogP contribution in [0.1, 0.15) is 71.8 Å². The molecule has 0 amide bonds. The van der Waals surface area contributed by atoms with Gasteiger partial charge in [0.25, 0.3) is 0 Å². The highest BCUT2D eigenvalue weighted by Gasteiger charge is 2.51. The molecule has 2 aliphatic rings. The van der Waals surface area contributed by atoms with Gasteiger partial charge < -0.3 is 15.2 Å². The summed E-state index contributed by atoms with van der Waals surface area (Å²) in [5.74, 6) is 0.236. The first kappa shape index (κ1) is 24.5. The molecule has 6 heteroatoms. The van der Waals surface area contributed by atoms with Crippen molar-refractivity contribution in [3.63, 3.8) is 0 Å². The van der Waals surface area contributed by atoms with E-state index in [2.05, 4.69) is 73.4 Å². The van der Waals surface area contributed by atoms with E-state index in [9.17, 15) is 9.59 Å². The number of hydrogen-bond acceptors (Lipinski definition) is 4. The maximum absolute atomic E-state index is 13.4. The zero-order chi connectivity index (χ0) is 22.8. The number of carbonyl (C=O) groups is 2. The molecule has 1 aromatic carbocycles. The van der Waals surface area contributed by atoms with Crippen LogP contribution in [0.3, 0.4) is 0 Å². The normalized spacial score (nSPS) is 34.1. The Morgan fingerprint density at radius 1 is 1.10 bits per heavy atom. The van der Waals surface area contributed by atoms with Crippen molar-refractivity contribution in [1.82, 2.24) is 0 Å². The van der Waals surface area contributed by atoms with Gasteiger partial charge in [-0.05, 0) is 36.2 Å². The molecule has 2 fully saturated rings. The van der Waals surface area contributed by atoms with Gasteiger partial charge in [-0.3, -0.25) is 4.79 Å². The summed E-state index contributed by atoms with van der Waals surface area (Å²) in [6.45, 7) is 8.19. The van der Waals surface area contributed by atoms with Gasteiger partial charge in [0.05, 0.1) is 6.42 Å². The number of esters is 2. The van der Waals surface area contributed by atoms with E-state index in [1.807, 2.05) is 6.07 Å². The van der Waals surface area contributed by atoms with E-state index >= 15 is 0 Å². The zero-order valence-electron chi connectivity index (χ0n) is 19.2. The largest absolute Gasteiger partial charge is 0.461 e. The minimum absolute atomic E-state index is 0.0964. The number of rotatable bonds is 5. The first-order valence-electron chi connectivity index (χ1n) is 11.5. The van der Waals surface area contributed by atoms with Crippen LogP contribution in [0.4, 0.5) is 0 Å². The molecule has 31 heavy (non-hydrogen) atoms. The summed E-state index contributed by atoms with van der Waals surface area (Å²) in [4.78, 5) is 24.9. The van der Waals surface area contributed by atoms with Gasteiger partial charge >= 0.3 is 11.9 Å². The minimum atomic E-state index is -0.857. The molecule has 0 heterocycles. The molecule has 0 aromatic heterocycles. The summed E-state index contributed by atoms with van der Waals surface area (Å²) in [6.07, 6.45) is 4.52. The molecular formula is C25H37INO4+. The molecule has 6 atom stereocenters. The number of benzene rings is 1. The third-order valence-corrected chi connectivity index (χ3v) is 8.83. The third kappa shape index (κ3) is 5.62. The van der Waals surface area contributed by atoms with Crippen molar-refractivity contribution in [1.29, 1.82) is 0 Å². The SMILES string of the molecule is CC(=O)O[C@H]1C[C@]([NH3+])(C(=O)O[C@@H]2C[C@H](C)CC[C@H]2C(C)(C)c2ccccc2)CC[C@@H]1I. The number of alkyl halides is 1. The molecule has 0 radical (unpaired) electrons. The van der Waals surface area contributed by atoms with Gasteiger partial charge in [0, 0.05) is 23.2 Å². The number of quaternary nitrogens is 1. The van der Waals surface area contributed by atoms with E-state index in [1.165, 1.54) is 12.5 Å². The molecule has 0 spiro atoms. The lowest BCUT2D eigenvalue weighted by atomic mass is 9.64. The van der Waals surface area contributed by atoms with Gasteiger partial charge in [-0.25, -0.2) is 4.79 Å². The average molecular weight is 542 g/mol. The summed E-state index contributed by atoms with van der Waals surface area (Å²) in [6, 6.07) is 10.5. The lowest BCUT2D eigenvalue weighted by molar-refractivity contribution is -0.472. The van der Waals surface area contributed by atoms with Crippen LogP contribution in [0, 0.1) is 11.8 Å². The summed E-state index contributed by atoms with van der Waals surface area (Å²) in [5, 5.41) is 0. The van der Waals surface area contributed by atoms with Crippen molar-refractivity contribution < 1.29 is 24.8 Å². The van der Waals surface area contributed by atoms with Crippen LogP contribution in [-0.4, -0.2) is 33.6 Å². The zero-order valence-corrected chi connectivity index (χ0v) is 21.4. The predicted octanol–water partition coefficient (Wildman–Crippen LogP) is 4.21. The Labute approximate surface area is 200 Å². The summed E-state index contributed by atoms with van der Waals surface area (Å²) in [5.41, 5.74) is 4.61. The highest BCUT2D eigenvalue weighted by molar-refractivity contribution is 14.1. The van der Waals surface area contributed by atoms with Crippen LogP contribution < -0.4 is 5.73 Å². The van der Waals surface area contributed by atoms with Crippen LogP contribution in [0.5, 0.6) is 0 Å². The molecule has 0 aliphatic heterocycles. The molecule has 2 aliphatic carbocycles. The van der Waals surface area contributed by atoms with Gasteiger partial charge in [0.1, 0.15) is 12.2 Å². The molecule has 0 unspecified atom stereocenters. The van der Waals surface area contributed by atoms with E-state index in [0.717, 1.165) is 25.7 Å². The number of halogens is 1. The maximum Gasteiger partial charge on any atom is 0.368 e. The number of hydrogen-bond donors (Lipinski definition) is 1. The Morgan fingerprint density at radius 2 is 1.77 bits per heavy atom. The number of ether oxygens (including phenoxy) is 2. The molecule has 172 valence electrons. The summed E-state index contributed by atoms with van der Waals surface area (Å²) in [7, 11) is 0. The lowest BCUT2D eigenvalue weighted by Crippen LogP contribution is -2.79. The Morgan fingerprint density at radius 3 is 2.42 bits per heavy atom. The van der Waals surface area contributed by atoms with Crippen molar-refractivity contribution in [3.8, 4) is 0 Å². The predicted molar refractivity (Wildman–Crippen MR) is 129 cm³/mol. The van der Waals surface area contributed by atoms with Crippen molar-refractivity contribution in [2.24, 2.45) is 11.8 Å². The van der Waals surface area contributed by atoms with E-state index in [0.29, 0.717) is 18.8 Å². The smallest absolute Gasteiger partial charge is 0.368 e. The van der Waals surface area contributed by atoms with Crippen LogP contribution >= 0.6 is 22.6 Å². The van der Waals surface area contributed by atoms with Gasteiger partial charge in [-0.15, -0.1) is 0 Å². The van der Waals surface area contributed by atoms with Crippen LogP contribution in [0.25, 0.3) is 0 Å². The Bertz CT molecular complexity index is 783. The van der Waals surface area contributed by atoms with Crippen LogP contribution in [-0.2, 0) is 24.5 Å². The fourth-order valence-electron chi connectivity index (χ4n) is 5.36. The molecule has 2 saturated carbocycles. The summed E-state index contributed by atoms with van der Waals surface area (Å²) >= 11 is 2.31. The van der Waals surface area contributed by atoms with E-state index in [4.69, 9.17) is 9.47 Å². The molecule has 1 aromatic rings. The quantitative estimate of drug-likeness (QED) is 0.344. The van der Waals surface area contributed by atoms with Crippen molar-refractivity contribution in [3.05, 3.63) is 35.9 Å². The Kier molecular flexibility index (Phi) is 7.72. The van der Waals surface area contributed by atoms with Gasteiger partial charge in [-0.2, -0.15) is 0 Å². The van der Waals surface area contributed by atoms with Crippen molar-refractivity contribution >= 4 is 34.5 Å². The molecule has 0 saturated heterocycles. The fourth-order valence-corrected chi connectivity index (χ4v) is 6.07. The monoisotopic (exact) mass is 542 g/mol. The Balaban J connectivity index is 1.78. The molecule has 5 nitrogen and oxygen atoms in total. The van der Waals surface area contributed by atoms with Crippen molar-refractivity contribution in [2.45, 2.75) is 93.3 Å². The number of carbonyl (C=O) groups excluding carboxylic acids is 2. The second-order valence-corrected chi connectivity index (χ2v) is 11.8. The Hall–Kier alpha value is -1.15. The molecule has 0 bridgehead atoms. The lowest BCUT2D eigenvalue weighted by Gasteiger charge is -2.45. The molecular weight excluding hydrogens is 505 g/mol. The second kappa shape index (κ2) is 9.77. The highest BCUT2D eigenvalue weighted by atomic mass is 127. The maximum atomic E-state index is 13.4. The van der Waals surface area contributed by atoms with Crippen LogP contribution in [0.2, 0.25) is 0 Å². The first-order chi connectivity index (χ1) is 14.5. The van der Waals surface area contributed by atoms with Gasteiger partial charge in [-0.1, -0.05) is 80.1 Å².